The first-order chi connectivity index (χ1) is 13.4. The van der Waals surface area contributed by atoms with E-state index in [4.69, 9.17) is 4.74 Å². The highest BCUT2D eigenvalue weighted by atomic mass is 16.5. The van der Waals surface area contributed by atoms with Crippen LogP contribution in [0.4, 0.5) is 23.1 Å². The predicted octanol–water partition coefficient (Wildman–Crippen LogP) is 4.26. The number of benzene rings is 2. The van der Waals surface area contributed by atoms with Crippen LogP contribution in [0.15, 0.2) is 54.6 Å². The largest absolute Gasteiger partial charge is 0.465 e. The number of rotatable bonds is 6. The van der Waals surface area contributed by atoms with Gasteiger partial charge in [-0.2, -0.15) is 4.98 Å². The monoisotopic (exact) mass is 376 g/mol. The number of anilines is 4. The molecular formula is C21H20N4O3. The summed E-state index contributed by atoms with van der Waals surface area (Å²) in [6.07, 6.45) is 0. The van der Waals surface area contributed by atoms with Crippen LogP contribution in [0, 0.1) is 6.92 Å². The van der Waals surface area contributed by atoms with E-state index in [1.807, 2.05) is 13.0 Å². The Kier molecular flexibility index (Phi) is 5.64. The molecule has 142 valence electrons. The van der Waals surface area contributed by atoms with Gasteiger partial charge in [0.15, 0.2) is 5.78 Å². The first kappa shape index (κ1) is 19.0. The molecule has 28 heavy (non-hydrogen) atoms. The molecular weight excluding hydrogens is 356 g/mol. The van der Waals surface area contributed by atoms with Gasteiger partial charge in [0, 0.05) is 28.7 Å². The number of carbonyl (C=O) groups is 2. The fourth-order valence-corrected chi connectivity index (χ4v) is 2.56. The smallest absolute Gasteiger partial charge is 0.337 e. The van der Waals surface area contributed by atoms with Crippen molar-refractivity contribution in [1.29, 1.82) is 0 Å². The third-order valence-electron chi connectivity index (χ3n) is 3.98. The second-order valence-electron chi connectivity index (χ2n) is 6.17. The van der Waals surface area contributed by atoms with Crippen molar-refractivity contribution in [3.8, 4) is 0 Å². The first-order valence-corrected chi connectivity index (χ1v) is 8.64. The van der Waals surface area contributed by atoms with Crippen molar-refractivity contribution >= 4 is 34.9 Å². The lowest BCUT2D eigenvalue weighted by atomic mass is 10.1. The Labute approximate surface area is 162 Å². The Balaban J connectivity index is 1.75. The van der Waals surface area contributed by atoms with Crippen molar-refractivity contribution in [2.24, 2.45) is 0 Å². The number of hydrogen-bond donors (Lipinski definition) is 2. The molecule has 0 unspecified atom stereocenters. The van der Waals surface area contributed by atoms with Gasteiger partial charge in [0.1, 0.15) is 5.82 Å². The van der Waals surface area contributed by atoms with Crippen LogP contribution in [0.25, 0.3) is 0 Å². The van der Waals surface area contributed by atoms with Gasteiger partial charge in [0.05, 0.1) is 12.7 Å². The Bertz CT molecular complexity index is 999. The minimum atomic E-state index is -0.383. The first-order valence-electron chi connectivity index (χ1n) is 8.64. The van der Waals surface area contributed by atoms with E-state index in [2.05, 4.69) is 20.6 Å². The fraction of sp³-hybridized carbons (Fsp3) is 0.143. The molecule has 1 heterocycles. The maximum absolute atomic E-state index is 11.5. The van der Waals surface area contributed by atoms with Gasteiger partial charge in [-0.25, -0.2) is 9.78 Å². The maximum atomic E-state index is 11.5. The normalized spacial score (nSPS) is 10.2. The summed E-state index contributed by atoms with van der Waals surface area (Å²) in [6.45, 7) is 3.40. The summed E-state index contributed by atoms with van der Waals surface area (Å²) in [4.78, 5) is 31.7. The van der Waals surface area contributed by atoms with Gasteiger partial charge in [0.2, 0.25) is 5.95 Å². The number of ketones is 1. The summed E-state index contributed by atoms with van der Waals surface area (Å²) >= 11 is 0. The van der Waals surface area contributed by atoms with Gasteiger partial charge in [-0.3, -0.25) is 4.79 Å². The number of hydrogen-bond acceptors (Lipinski definition) is 7. The number of aromatic nitrogens is 2. The highest BCUT2D eigenvalue weighted by Gasteiger charge is 2.07. The topological polar surface area (TPSA) is 93.2 Å². The van der Waals surface area contributed by atoms with Crippen LogP contribution in [0.1, 0.15) is 33.3 Å². The summed E-state index contributed by atoms with van der Waals surface area (Å²) in [5, 5.41) is 6.33. The van der Waals surface area contributed by atoms with Crippen LogP contribution in [-0.2, 0) is 4.74 Å². The number of nitrogens with zero attached hydrogens (tertiary/aromatic N) is 2. The van der Waals surface area contributed by atoms with Crippen LogP contribution in [0.5, 0.6) is 0 Å². The Morgan fingerprint density at radius 2 is 1.43 bits per heavy atom. The standard InChI is InChI=1S/C21H20N4O3/c1-13-12-19(23-17-10-6-16(7-11-17)20(27)28-3)25-21(22-13)24-18-8-4-15(5-9-18)14(2)26/h4-12H,1-3H3,(H2,22,23,24,25). The summed E-state index contributed by atoms with van der Waals surface area (Å²) in [5.74, 6) is 0.681. The zero-order valence-electron chi connectivity index (χ0n) is 15.8. The van der Waals surface area contributed by atoms with E-state index in [0.717, 1.165) is 17.1 Å². The average Bonchev–Trinajstić information content (AvgIpc) is 2.68. The number of aryl methyl sites for hydroxylation is 1. The van der Waals surface area contributed by atoms with Gasteiger partial charge in [-0.15, -0.1) is 0 Å². The lowest BCUT2D eigenvalue weighted by Crippen LogP contribution is -2.03. The Morgan fingerprint density at radius 3 is 2.00 bits per heavy atom. The van der Waals surface area contributed by atoms with Crippen LogP contribution in [-0.4, -0.2) is 28.8 Å². The van der Waals surface area contributed by atoms with E-state index in [1.165, 1.54) is 14.0 Å². The van der Waals surface area contributed by atoms with Gasteiger partial charge in [-0.1, -0.05) is 0 Å². The third-order valence-corrected chi connectivity index (χ3v) is 3.98. The van der Waals surface area contributed by atoms with E-state index in [1.54, 1.807) is 48.5 Å². The van der Waals surface area contributed by atoms with Crippen LogP contribution in [0.2, 0.25) is 0 Å². The molecule has 0 amide bonds. The highest BCUT2D eigenvalue weighted by molar-refractivity contribution is 5.94. The maximum Gasteiger partial charge on any atom is 0.337 e. The number of ether oxygens (including phenoxy) is 1. The molecule has 0 atom stereocenters. The summed E-state index contributed by atoms with van der Waals surface area (Å²) < 4.78 is 4.70. The molecule has 0 bridgehead atoms. The summed E-state index contributed by atoms with van der Waals surface area (Å²) in [7, 11) is 1.35. The lowest BCUT2D eigenvalue weighted by molar-refractivity contribution is 0.0600. The quantitative estimate of drug-likeness (QED) is 0.490. The zero-order valence-corrected chi connectivity index (χ0v) is 15.8. The van der Waals surface area contributed by atoms with Crippen molar-refractivity contribution in [2.75, 3.05) is 17.7 Å². The van der Waals surface area contributed by atoms with Crippen LogP contribution >= 0.6 is 0 Å². The van der Waals surface area contributed by atoms with Crippen molar-refractivity contribution in [3.63, 3.8) is 0 Å². The molecule has 3 aromatic rings. The van der Waals surface area contributed by atoms with Crippen molar-refractivity contribution < 1.29 is 14.3 Å². The van der Waals surface area contributed by atoms with E-state index in [-0.39, 0.29) is 11.8 Å². The highest BCUT2D eigenvalue weighted by Crippen LogP contribution is 2.20. The number of Topliss-reactive ketones (excluding diaryl/α,β-unsaturated/α-hetero) is 1. The van der Waals surface area contributed by atoms with E-state index in [0.29, 0.717) is 22.9 Å². The van der Waals surface area contributed by atoms with Crippen LogP contribution in [0.3, 0.4) is 0 Å². The number of carbonyl (C=O) groups excluding carboxylic acids is 2. The molecule has 0 aliphatic rings. The van der Waals surface area contributed by atoms with E-state index in [9.17, 15) is 9.59 Å². The molecule has 0 aliphatic heterocycles. The second-order valence-corrected chi connectivity index (χ2v) is 6.17. The van der Waals surface area contributed by atoms with E-state index < -0.39 is 0 Å². The molecule has 1 aromatic heterocycles. The Hall–Kier alpha value is -3.74. The molecule has 7 nitrogen and oxygen atoms in total. The van der Waals surface area contributed by atoms with Gasteiger partial charge in [-0.05, 0) is 62.4 Å². The number of nitrogens with one attached hydrogen (secondary N) is 2. The SMILES string of the molecule is COC(=O)c1ccc(Nc2cc(C)nc(Nc3ccc(C(C)=O)cc3)n2)cc1. The van der Waals surface area contributed by atoms with Crippen LogP contribution < -0.4 is 10.6 Å². The van der Waals surface area contributed by atoms with Gasteiger partial charge >= 0.3 is 5.97 Å². The lowest BCUT2D eigenvalue weighted by Gasteiger charge is -2.10. The molecule has 2 aromatic carbocycles. The number of methoxy groups -OCH3 is 1. The summed E-state index contributed by atoms with van der Waals surface area (Å²) in [5.41, 5.74) is 3.47. The summed E-state index contributed by atoms with van der Waals surface area (Å²) in [6, 6.07) is 15.8. The van der Waals surface area contributed by atoms with Crippen molar-refractivity contribution in [1.82, 2.24) is 9.97 Å². The zero-order chi connectivity index (χ0) is 20.1. The second kappa shape index (κ2) is 8.30. The molecule has 0 spiro atoms. The molecule has 3 rings (SSSR count). The number of esters is 1. The van der Waals surface area contributed by atoms with Gasteiger partial charge in [0.25, 0.3) is 0 Å². The minimum Gasteiger partial charge on any atom is -0.465 e. The van der Waals surface area contributed by atoms with Crippen molar-refractivity contribution in [2.45, 2.75) is 13.8 Å². The minimum absolute atomic E-state index is 0.0167. The molecule has 7 heteroatoms. The molecule has 0 aliphatic carbocycles. The average molecular weight is 376 g/mol. The fourth-order valence-electron chi connectivity index (χ4n) is 2.56. The van der Waals surface area contributed by atoms with E-state index >= 15 is 0 Å². The molecule has 0 fully saturated rings. The molecule has 0 radical (unpaired) electrons. The third kappa shape index (κ3) is 4.70. The molecule has 2 N–H and O–H groups in total. The predicted molar refractivity (Wildman–Crippen MR) is 108 cm³/mol. The Morgan fingerprint density at radius 1 is 0.857 bits per heavy atom. The molecule has 0 saturated heterocycles. The molecule has 0 saturated carbocycles. The van der Waals surface area contributed by atoms with Crippen molar-refractivity contribution in [3.05, 3.63) is 71.4 Å². The van der Waals surface area contributed by atoms with Gasteiger partial charge < -0.3 is 15.4 Å².